The van der Waals surface area contributed by atoms with Crippen molar-refractivity contribution >= 4 is 35.8 Å². The first kappa shape index (κ1) is 32.4. The predicted molar refractivity (Wildman–Crippen MR) is 79.7 cm³/mol. The molecule has 4 N–H and O–H groups in total. The molecule has 0 saturated carbocycles. The minimum Gasteiger partial charge on any atom is -0.549 e. The Kier molecular flexibility index (Phi) is 19.7. The second-order valence-corrected chi connectivity index (χ2v) is 5.18. The number of urea groups is 1. The smallest absolute Gasteiger partial charge is 0.549 e. The van der Waals surface area contributed by atoms with E-state index in [0.29, 0.717) is 0 Å². The van der Waals surface area contributed by atoms with E-state index in [1.54, 1.807) is 0 Å². The Balaban J connectivity index is -0.000000632. The van der Waals surface area contributed by atoms with Crippen molar-refractivity contribution in [2.45, 2.75) is 0 Å². The van der Waals surface area contributed by atoms with Crippen molar-refractivity contribution in [3.63, 3.8) is 0 Å². The van der Waals surface area contributed by atoms with Gasteiger partial charge < -0.3 is 35.3 Å². The van der Waals surface area contributed by atoms with Crippen LogP contribution in [-0.4, -0.2) is 102 Å². The average molecular weight is 436 g/mol. The molecule has 0 aromatic carbocycles. The van der Waals surface area contributed by atoms with Gasteiger partial charge in [0.2, 0.25) is 5.91 Å². The van der Waals surface area contributed by atoms with Gasteiger partial charge in [0.05, 0.1) is 31.6 Å². The van der Waals surface area contributed by atoms with Crippen molar-refractivity contribution in [3.05, 3.63) is 0 Å². The number of carboxylic acid groups (broad SMARTS) is 4. The number of hydrogen-bond donors (Lipinski definition) is 4. The molecule has 1 aliphatic heterocycles. The van der Waals surface area contributed by atoms with Gasteiger partial charge in [-0.3, -0.25) is 29.5 Å². The number of carbonyl (C=O) groups is 6. The summed E-state index contributed by atoms with van der Waals surface area (Å²) in [5.41, 5.74) is 0. The van der Waals surface area contributed by atoms with Crippen LogP contribution in [0.4, 0.5) is 4.79 Å². The third-order valence-electron chi connectivity index (χ3n) is 2.82. The zero-order chi connectivity index (χ0) is 21.0. The Morgan fingerprint density at radius 1 is 0.828 bits per heavy atom. The van der Waals surface area contributed by atoms with Crippen LogP contribution >= 0.6 is 0 Å². The maximum Gasteiger partial charge on any atom is 1.00 e. The largest absolute Gasteiger partial charge is 1.00 e. The molecular weight excluding hydrogens is 418 g/mol. The van der Waals surface area contributed by atoms with Gasteiger partial charge in [-0.15, -0.1) is 0 Å². The first-order chi connectivity index (χ1) is 12.5. The molecule has 0 aromatic heterocycles. The molecule has 1 rings (SSSR count). The van der Waals surface area contributed by atoms with Crippen LogP contribution in [0.25, 0.3) is 0 Å². The minimum atomic E-state index is -1.51. The predicted octanol–water partition coefficient (Wildman–Crippen LogP) is -11.9. The molecule has 0 radical (unpaired) electrons. The summed E-state index contributed by atoms with van der Waals surface area (Å²) >= 11 is 0. The van der Waals surface area contributed by atoms with Crippen molar-refractivity contribution in [3.8, 4) is 0 Å². The van der Waals surface area contributed by atoms with Gasteiger partial charge in [-0.2, -0.15) is 0 Å². The summed E-state index contributed by atoms with van der Waals surface area (Å²) in [6, 6.07) is -0.398. The molecule has 0 unspecified atom stereocenters. The number of rotatable bonds is 11. The van der Waals surface area contributed by atoms with Crippen LogP contribution in [0, 0.1) is 0 Å². The number of carbonyl (C=O) groups excluding carboxylic acids is 4. The fourth-order valence-electron chi connectivity index (χ4n) is 1.83. The van der Waals surface area contributed by atoms with E-state index in [2.05, 4.69) is 5.32 Å². The molecule has 0 aromatic rings. The van der Waals surface area contributed by atoms with Gasteiger partial charge in [0.25, 0.3) is 0 Å². The topological polar surface area (TPSA) is 220 Å². The molecule has 152 valence electrons. The van der Waals surface area contributed by atoms with Crippen LogP contribution in [-0.2, 0) is 24.0 Å². The fraction of sp³-hybridized carbons (Fsp3) is 0.538. The monoisotopic (exact) mass is 436 g/mol. The van der Waals surface area contributed by atoms with Crippen LogP contribution in [0.5, 0.6) is 0 Å². The first-order valence-corrected chi connectivity index (χ1v) is 7.35. The van der Waals surface area contributed by atoms with E-state index < -0.39 is 56.1 Å². The molecule has 1 heterocycles. The van der Waals surface area contributed by atoms with Crippen LogP contribution in [0.1, 0.15) is 0 Å². The van der Waals surface area contributed by atoms with Crippen molar-refractivity contribution < 1.29 is 108 Å². The van der Waals surface area contributed by atoms with E-state index in [9.17, 15) is 39.0 Å². The van der Waals surface area contributed by atoms with Gasteiger partial charge >= 0.3 is 77.1 Å². The average Bonchev–Trinajstić information content (AvgIpc) is 2.86. The van der Waals surface area contributed by atoms with E-state index in [4.69, 9.17) is 10.2 Å². The van der Waals surface area contributed by atoms with E-state index in [0.717, 1.165) is 9.80 Å². The standard InChI is InChI=1S/C10H16N2O8.C3H4N2O2.2Na/c13-7(14)3-11(4-8(15)16)1-2-12(5-9(17)18)6-10(19)20;6-2-1-4-3(7)5-2;;/h1-6H2,(H,13,14)(H,15,16)(H,17,18)(H,19,20);1H2,(H2,4,5,6,7);;/q;;2*+1/p-2. The summed E-state index contributed by atoms with van der Waals surface area (Å²) < 4.78 is 0. The molecule has 0 bridgehead atoms. The zero-order valence-electron chi connectivity index (χ0n) is 16.0. The number of nitrogens with zero attached hydrogens (tertiary/aromatic N) is 2. The molecule has 29 heavy (non-hydrogen) atoms. The minimum absolute atomic E-state index is 0. The second-order valence-electron chi connectivity index (χ2n) is 5.18. The van der Waals surface area contributed by atoms with Gasteiger partial charge in [-0.1, -0.05) is 0 Å². The normalized spacial score (nSPS) is 11.9. The Morgan fingerprint density at radius 3 is 1.41 bits per heavy atom. The summed E-state index contributed by atoms with van der Waals surface area (Å²) in [5.74, 6) is -5.77. The number of hydrogen-bond acceptors (Lipinski definition) is 10. The molecule has 0 atom stereocenters. The molecule has 14 nitrogen and oxygen atoms in total. The molecule has 16 heteroatoms. The maximum absolute atomic E-state index is 10.5. The third-order valence-corrected chi connectivity index (χ3v) is 2.82. The Hall–Kier alpha value is -1.26. The van der Waals surface area contributed by atoms with Crippen molar-refractivity contribution in [2.24, 2.45) is 0 Å². The zero-order valence-corrected chi connectivity index (χ0v) is 20.0. The van der Waals surface area contributed by atoms with Crippen LogP contribution in [0.2, 0.25) is 0 Å². The number of imide groups is 1. The van der Waals surface area contributed by atoms with Crippen molar-refractivity contribution in [2.75, 3.05) is 45.8 Å². The maximum atomic E-state index is 10.5. The second kappa shape index (κ2) is 17.6. The van der Waals surface area contributed by atoms with Crippen molar-refractivity contribution in [1.82, 2.24) is 20.4 Å². The fourth-order valence-corrected chi connectivity index (χ4v) is 1.83. The van der Waals surface area contributed by atoms with Gasteiger partial charge in [-0.25, -0.2) is 4.79 Å². The molecular formula is C13H18N4Na2O10. The first-order valence-electron chi connectivity index (χ1n) is 7.35. The van der Waals surface area contributed by atoms with Crippen LogP contribution in [0.15, 0.2) is 0 Å². The quantitative estimate of drug-likeness (QED) is 0.175. The summed E-state index contributed by atoms with van der Waals surface area (Å²) in [7, 11) is 0. The molecule has 0 spiro atoms. The summed E-state index contributed by atoms with van der Waals surface area (Å²) in [6.07, 6.45) is 0. The van der Waals surface area contributed by atoms with Crippen LogP contribution < -0.4 is 80.0 Å². The summed E-state index contributed by atoms with van der Waals surface area (Å²) in [5, 5.41) is 42.3. The number of nitrogens with one attached hydrogen (secondary N) is 2. The molecule has 3 amide bonds. The van der Waals surface area contributed by atoms with Gasteiger partial charge in [0.15, 0.2) is 0 Å². The van der Waals surface area contributed by atoms with Gasteiger partial charge in [-0.05, 0) is 0 Å². The molecule has 1 aliphatic rings. The Morgan fingerprint density at radius 2 is 1.21 bits per heavy atom. The van der Waals surface area contributed by atoms with E-state index >= 15 is 0 Å². The number of carboxylic acids is 4. The Labute approximate surface area is 209 Å². The summed E-state index contributed by atoms with van der Waals surface area (Å²) in [6.45, 7) is -2.63. The van der Waals surface area contributed by atoms with E-state index in [-0.39, 0.29) is 84.7 Å². The van der Waals surface area contributed by atoms with Gasteiger partial charge in [0, 0.05) is 26.2 Å². The third kappa shape index (κ3) is 19.8. The SMILES string of the molecule is O=C([O-])CN(CCN(CC(=O)O)CC(=O)O)CC(=O)[O-].O=C1CNC(=O)N1.[Na+].[Na+]. The number of amides is 3. The van der Waals surface area contributed by atoms with Gasteiger partial charge in [0.1, 0.15) is 0 Å². The van der Waals surface area contributed by atoms with E-state index in [1.165, 1.54) is 0 Å². The van der Waals surface area contributed by atoms with E-state index in [1.807, 2.05) is 5.32 Å². The van der Waals surface area contributed by atoms with Crippen LogP contribution in [0.3, 0.4) is 0 Å². The summed E-state index contributed by atoms with van der Waals surface area (Å²) in [4.78, 5) is 64.0. The number of aliphatic carboxylic acids is 4. The molecule has 1 saturated heterocycles. The van der Waals surface area contributed by atoms with Crippen molar-refractivity contribution in [1.29, 1.82) is 0 Å². The molecule has 0 aliphatic carbocycles. The Bertz CT molecular complexity index is 522. The molecule has 1 fully saturated rings.